The fourth-order valence-corrected chi connectivity index (χ4v) is 3.56. The molecule has 0 spiro atoms. The van der Waals surface area contributed by atoms with Gasteiger partial charge < -0.3 is 10.2 Å². The number of carbonyl (C=O) groups is 1. The van der Waals surface area contributed by atoms with Gasteiger partial charge in [-0.1, -0.05) is 18.2 Å². The average molecular weight is 272 g/mol. The van der Waals surface area contributed by atoms with Crippen molar-refractivity contribution in [2.75, 3.05) is 18.0 Å². The summed E-state index contributed by atoms with van der Waals surface area (Å²) in [7, 11) is 0. The number of hydrogen-bond donors (Lipinski definition) is 1. The predicted molar refractivity (Wildman–Crippen MR) is 81.9 cm³/mol. The van der Waals surface area contributed by atoms with Crippen molar-refractivity contribution in [3.05, 3.63) is 29.8 Å². The summed E-state index contributed by atoms with van der Waals surface area (Å²) >= 11 is 0. The second-order valence-corrected chi connectivity index (χ2v) is 6.18. The zero-order valence-corrected chi connectivity index (χ0v) is 12.3. The molecule has 3 heteroatoms. The van der Waals surface area contributed by atoms with E-state index in [1.165, 1.54) is 18.4 Å². The Morgan fingerprint density at radius 1 is 1.30 bits per heavy atom. The predicted octanol–water partition coefficient (Wildman–Crippen LogP) is 2.74. The van der Waals surface area contributed by atoms with E-state index >= 15 is 0 Å². The van der Waals surface area contributed by atoms with Crippen LogP contribution in [0.15, 0.2) is 24.3 Å². The van der Waals surface area contributed by atoms with Crippen molar-refractivity contribution < 1.29 is 4.79 Å². The molecule has 1 N–H and O–H groups in total. The third-order valence-corrected chi connectivity index (χ3v) is 4.70. The van der Waals surface area contributed by atoms with Crippen molar-refractivity contribution in [3.8, 4) is 0 Å². The van der Waals surface area contributed by atoms with Gasteiger partial charge in [0.15, 0.2) is 0 Å². The van der Waals surface area contributed by atoms with Crippen LogP contribution in [0.4, 0.5) is 5.69 Å². The number of nitrogens with one attached hydrogen (secondary N) is 1. The molecule has 0 aliphatic carbocycles. The van der Waals surface area contributed by atoms with E-state index in [2.05, 4.69) is 30.4 Å². The van der Waals surface area contributed by atoms with Gasteiger partial charge in [0.25, 0.3) is 0 Å². The summed E-state index contributed by atoms with van der Waals surface area (Å²) < 4.78 is 0. The highest BCUT2D eigenvalue weighted by molar-refractivity contribution is 5.96. The maximum atomic E-state index is 12.6. The van der Waals surface area contributed by atoms with Gasteiger partial charge in [0, 0.05) is 18.2 Å². The van der Waals surface area contributed by atoms with E-state index in [9.17, 15) is 4.79 Å². The van der Waals surface area contributed by atoms with Gasteiger partial charge in [-0.3, -0.25) is 4.79 Å². The van der Waals surface area contributed by atoms with E-state index in [4.69, 9.17) is 0 Å². The quantitative estimate of drug-likeness (QED) is 0.917. The van der Waals surface area contributed by atoms with Crippen LogP contribution in [0.2, 0.25) is 0 Å². The van der Waals surface area contributed by atoms with Crippen molar-refractivity contribution >= 4 is 11.6 Å². The summed E-state index contributed by atoms with van der Waals surface area (Å²) in [5.74, 6) is 1.04. The van der Waals surface area contributed by atoms with Gasteiger partial charge in [-0.15, -0.1) is 0 Å². The van der Waals surface area contributed by atoms with Crippen LogP contribution >= 0.6 is 0 Å². The van der Waals surface area contributed by atoms with E-state index in [1.807, 2.05) is 11.0 Å². The Balaban J connectivity index is 1.62. The van der Waals surface area contributed by atoms with Crippen molar-refractivity contribution in [2.45, 2.75) is 45.1 Å². The largest absolute Gasteiger partial charge is 0.317 e. The standard InChI is InChI=1S/C17H24N2O/c1-13-12-15-4-2-3-5-16(15)19(13)17(20)7-6-14-8-10-18-11-9-14/h2-5,13-14,18H,6-12H2,1H3. The molecule has 2 aliphatic rings. The summed E-state index contributed by atoms with van der Waals surface area (Å²) in [6.45, 7) is 4.38. The molecule has 1 fully saturated rings. The highest BCUT2D eigenvalue weighted by Gasteiger charge is 2.30. The van der Waals surface area contributed by atoms with Gasteiger partial charge >= 0.3 is 0 Å². The summed E-state index contributed by atoms with van der Waals surface area (Å²) in [5, 5.41) is 3.38. The number of carbonyl (C=O) groups excluding carboxylic acids is 1. The number of anilines is 1. The van der Waals surface area contributed by atoms with E-state index in [0.29, 0.717) is 18.4 Å². The molecule has 3 rings (SSSR count). The van der Waals surface area contributed by atoms with Crippen LogP contribution in [0.1, 0.15) is 38.2 Å². The SMILES string of the molecule is CC1Cc2ccccc2N1C(=O)CCC1CCNCC1. The first-order valence-electron chi connectivity index (χ1n) is 7.86. The number of amides is 1. The molecule has 1 unspecified atom stereocenters. The van der Waals surface area contributed by atoms with Crippen LogP contribution in [0, 0.1) is 5.92 Å². The molecular weight excluding hydrogens is 248 g/mol. The highest BCUT2D eigenvalue weighted by atomic mass is 16.2. The third kappa shape index (κ3) is 2.73. The Hall–Kier alpha value is -1.35. The lowest BCUT2D eigenvalue weighted by atomic mass is 9.93. The first kappa shape index (κ1) is 13.6. The second kappa shape index (κ2) is 5.96. The molecule has 2 aliphatic heterocycles. The van der Waals surface area contributed by atoms with Gasteiger partial charge in [-0.2, -0.15) is 0 Å². The Labute approximate surface area is 121 Å². The molecule has 20 heavy (non-hydrogen) atoms. The maximum absolute atomic E-state index is 12.6. The molecular formula is C17H24N2O. The summed E-state index contributed by atoms with van der Waals surface area (Å²) in [5.41, 5.74) is 2.45. The fourth-order valence-electron chi connectivity index (χ4n) is 3.56. The molecule has 0 bridgehead atoms. The monoisotopic (exact) mass is 272 g/mol. The van der Waals surface area contributed by atoms with E-state index in [-0.39, 0.29) is 0 Å². The number of rotatable bonds is 3. The lowest BCUT2D eigenvalue weighted by molar-refractivity contribution is -0.119. The molecule has 0 aromatic heterocycles. The number of hydrogen-bond acceptors (Lipinski definition) is 2. The average Bonchev–Trinajstić information content (AvgIpc) is 2.82. The maximum Gasteiger partial charge on any atom is 0.227 e. The van der Waals surface area contributed by atoms with E-state index < -0.39 is 0 Å². The van der Waals surface area contributed by atoms with Crippen LogP contribution in [0.3, 0.4) is 0 Å². The first-order chi connectivity index (χ1) is 9.75. The second-order valence-electron chi connectivity index (χ2n) is 6.18. The molecule has 1 atom stereocenters. The van der Waals surface area contributed by atoms with Crippen molar-refractivity contribution in [1.82, 2.24) is 5.32 Å². The molecule has 1 aromatic rings. The normalized spacial score (nSPS) is 22.9. The van der Waals surface area contributed by atoms with Gasteiger partial charge in [0.05, 0.1) is 0 Å². The molecule has 0 saturated carbocycles. The minimum atomic E-state index is 0.306. The lowest BCUT2D eigenvalue weighted by Crippen LogP contribution is -2.36. The third-order valence-electron chi connectivity index (χ3n) is 4.70. The van der Waals surface area contributed by atoms with Crippen molar-refractivity contribution in [3.63, 3.8) is 0 Å². The smallest absolute Gasteiger partial charge is 0.227 e. The molecule has 1 amide bonds. The number of para-hydroxylation sites is 1. The Morgan fingerprint density at radius 2 is 2.05 bits per heavy atom. The molecule has 2 heterocycles. The summed E-state index contributed by atoms with van der Waals surface area (Å²) in [4.78, 5) is 14.6. The Morgan fingerprint density at radius 3 is 2.85 bits per heavy atom. The summed E-state index contributed by atoms with van der Waals surface area (Å²) in [6.07, 6.45) is 5.18. The number of benzene rings is 1. The molecule has 1 saturated heterocycles. The van der Waals surface area contributed by atoms with Gasteiger partial charge in [-0.25, -0.2) is 0 Å². The molecule has 3 nitrogen and oxygen atoms in total. The van der Waals surface area contributed by atoms with Crippen LogP contribution in [0.25, 0.3) is 0 Å². The number of nitrogens with zero attached hydrogens (tertiary/aromatic N) is 1. The Kier molecular flexibility index (Phi) is 4.06. The van der Waals surface area contributed by atoms with Gasteiger partial charge in [0.2, 0.25) is 5.91 Å². The minimum Gasteiger partial charge on any atom is -0.317 e. The van der Waals surface area contributed by atoms with E-state index in [1.54, 1.807) is 0 Å². The van der Waals surface area contributed by atoms with Crippen LogP contribution in [-0.4, -0.2) is 25.0 Å². The lowest BCUT2D eigenvalue weighted by Gasteiger charge is -2.26. The highest BCUT2D eigenvalue weighted by Crippen LogP contribution is 2.32. The number of fused-ring (bicyclic) bond motifs is 1. The summed E-state index contributed by atoms with van der Waals surface area (Å²) in [6, 6.07) is 8.64. The van der Waals surface area contributed by atoms with Crippen LogP contribution < -0.4 is 10.2 Å². The Bertz CT molecular complexity index is 480. The minimum absolute atomic E-state index is 0.306. The molecule has 0 radical (unpaired) electrons. The van der Waals surface area contributed by atoms with Crippen molar-refractivity contribution in [2.24, 2.45) is 5.92 Å². The van der Waals surface area contributed by atoms with Crippen molar-refractivity contribution in [1.29, 1.82) is 0 Å². The van der Waals surface area contributed by atoms with Crippen LogP contribution in [-0.2, 0) is 11.2 Å². The fraction of sp³-hybridized carbons (Fsp3) is 0.588. The first-order valence-corrected chi connectivity index (χ1v) is 7.86. The molecule has 108 valence electrons. The van der Waals surface area contributed by atoms with Gasteiger partial charge in [0.1, 0.15) is 0 Å². The van der Waals surface area contributed by atoms with E-state index in [0.717, 1.165) is 37.5 Å². The van der Waals surface area contributed by atoms with Gasteiger partial charge in [-0.05, 0) is 63.2 Å². The topological polar surface area (TPSA) is 32.3 Å². The zero-order valence-electron chi connectivity index (χ0n) is 12.3. The van der Waals surface area contributed by atoms with Crippen LogP contribution in [0.5, 0.6) is 0 Å². The zero-order chi connectivity index (χ0) is 13.9. The number of piperidine rings is 1. The molecule has 1 aromatic carbocycles.